The number of halogens is 1. The van der Waals surface area contributed by atoms with Crippen LogP contribution in [0.5, 0.6) is 11.5 Å². The van der Waals surface area contributed by atoms with Gasteiger partial charge in [0.05, 0.1) is 23.5 Å². The maximum atomic E-state index is 13.7. The Labute approximate surface area is 253 Å². The highest BCUT2D eigenvalue weighted by Crippen LogP contribution is 2.39. The molecule has 43 heavy (non-hydrogen) atoms. The van der Waals surface area contributed by atoms with Gasteiger partial charge in [-0.2, -0.15) is 0 Å². The van der Waals surface area contributed by atoms with Gasteiger partial charge in [-0.25, -0.2) is 14.6 Å². The van der Waals surface area contributed by atoms with Crippen LogP contribution in [-0.4, -0.2) is 25.0 Å². The summed E-state index contributed by atoms with van der Waals surface area (Å²) in [7, 11) is 1.48. The fourth-order valence-corrected chi connectivity index (χ4v) is 5.31. The Morgan fingerprint density at radius 3 is 1.93 bits per heavy atom. The van der Waals surface area contributed by atoms with Gasteiger partial charge in [-0.15, -0.1) is 0 Å². The van der Waals surface area contributed by atoms with Gasteiger partial charge < -0.3 is 9.47 Å². The monoisotopic (exact) mass is 588 g/mol. The normalized spacial score (nSPS) is 13.4. The predicted octanol–water partition coefficient (Wildman–Crippen LogP) is 7.66. The predicted molar refractivity (Wildman–Crippen MR) is 168 cm³/mol. The van der Waals surface area contributed by atoms with Crippen LogP contribution in [0, 0.1) is 0 Å². The second kappa shape index (κ2) is 11.8. The molecule has 0 unspecified atom stereocenters. The van der Waals surface area contributed by atoms with Crippen molar-refractivity contribution in [3.05, 3.63) is 137 Å². The first-order chi connectivity index (χ1) is 21.0. The van der Waals surface area contributed by atoms with E-state index in [0.717, 1.165) is 26.1 Å². The number of para-hydroxylation sites is 2. The van der Waals surface area contributed by atoms with Crippen LogP contribution in [0.2, 0.25) is 5.02 Å². The smallest absolute Gasteiger partial charge is 0.343 e. The summed E-state index contributed by atoms with van der Waals surface area (Å²) < 4.78 is 11.7. The van der Waals surface area contributed by atoms with E-state index >= 15 is 0 Å². The van der Waals surface area contributed by atoms with Crippen molar-refractivity contribution in [2.75, 3.05) is 16.9 Å². The number of carbonyl (C=O) groups excluding carboxylic acids is 3. The van der Waals surface area contributed by atoms with E-state index in [2.05, 4.69) is 0 Å². The summed E-state index contributed by atoms with van der Waals surface area (Å²) in [5.74, 6) is -0.849. The molecule has 0 radical (unpaired) electrons. The van der Waals surface area contributed by atoms with Crippen molar-refractivity contribution in [2.24, 2.45) is 0 Å². The van der Waals surface area contributed by atoms with Crippen LogP contribution in [0.4, 0.5) is 16.2 Å². The fraction of sp³-hybridized carbons (Fsp3) is 0.0571. The lowest BCUT2D eigenvalue weighted by molar-refractivity contribution is -0.121. The highest BCUT2D eigenvalue weighted by molar-refractivity contribution is 6.46. The van der Waals surface area contributed by atoms with Crippen molar-refractivity contribution >= 4 is 57.7 Å². The minimum absolute atomic E-state index is 0.213. The van der Waals surface area contributed by atoms with Gasteiger partial charge in [-0.1, -0.05) is 90.5 Å². The summed E-state index contributed by atoms with van der Waals surface area (Å²) in [5.41, 5.74) is 1.86. The number of carbonyl (C=O) groups is 3. The first-order valence-corrected chi connectivity index (χ1v) is 13.9. The van der Waals surface area contributed by atoms with Gasteiger partial charge in [0.1, 0.15) is 12.2 Å². The number of anilines is 2. The largest absolute Gasteiger partial charge is 0.493 e. The number of fused-ring (bicyclic) bond motifs is 1. The summed E-state index contributed by atoms with van der Waals surface area (Å²) in [6.07, 6.45) is 1.41. The minimum Gasteiger partial charge on any atom is -0.493 e. The molecular formula is C35H25ClN2O5. The highest BCUT2D eigenvalue weighted by Gasteiger charge is 2.43. The van der Waals surface area contributed by atoms with E-state index in [4.69, 9.17) is 21.1 Å². The molecule has 4 amide bonds. The first kappa shape index (κ1) is 27.8. The van der Waals surface area contributed by atoms with E-state index < -0.39 is 17.8 Å². The lowest BCUT2D eigenvalue weighted by Gasteiger charge is -2.34. The van der Waals surface area contributed by atoms with Gasteiger partial charge in [0.25, 0.3) is 11.8 Å². The molecule has 6 rings (SSSR count). The average Bonchev–Trinajstić information content (AvgIpc) is 3.03. The lowest BCUT2D eigenvalue weighted by Crippen LogP contribution is -2.57. The minimum atomic E-state index is -0.766. The number of barbiturate groups is 1. The van der Waals surface area contributed by atoms with Crippen LogP contribution >= 0.6 is 11.6 Å². The number of benzene rings is 5. The molecule has 0 aliphatic carbocycles. The molecule has 212 valence electrons. The number of hydrogen-bond donors (Lipinski definition) is 0. The van der Waals surface area contributed by atoms with Crippen molar-refractivity contribution in [3.63, 3.8) is 0 Å². The molecular weight excluding hydrogens is 564 g/mol. The number of ether oxygens (including phenoxy) is 2. The van der Waals surface area contributed by atoms with E-state index in [9.17, 15) is 14.4 Å². The summed E-state index contributed by atoms with van der Waals surface area (Å²) in [6, 6.07) is 33.4. The zero-order valence-electron chi connectivity index (χ0n) is 23.1. The lowest BCUT2D eigenvalue weighted by atomic mass is 10.0. The van der Waals surface area contributed by atoms with Crippen LogP contribution in [0.15, 0.2) is 121 Å². The SMILES string of the molecule is COc1cc(C=C2C(=O)N(c3ccccc3)C(=O)N(c3ccccc3)C2=O)cc(Cl)c1OCc1cccc2ccccc12. The molecule has 0 atom stereocenters. The average molecular weight is 589 g/mol. The molecule has 0 saturated carbocycles. The van der Waals surface area contributed by atoms with E-state index in [0.29, 0.717) is 28.4 Å². The molecule has 1 aliphatic heterocycles. The summed E-state index contributed by atoms with van der Waals surface area (Å²) in [5, 5.41) is 2.40. The third-order valence-corrected chi connectivity index (χ3v) is 7.37. The molecule has 1 heterocycles. The second-order valence-corrected chi connectivity index (χ2v) is 10.2. The molecule has 0 bridgehead atoms. The third-order valence-electron chi connectivity index (χ3n) is 7.09. The van der Waals surface area contributed by atoms with Crippen molar-refractivity contribution in [1.82, 2.24) is 0 Å². The molecule has 0 spiro atoms. The van der Waals surface area contributed by atoms with Crippen LogP contribution in [0.1, 0.15) is 11.1 Å². The van der Waals surface area contributed by atoms with E-state index in [-0.39, 0.29) is 17.2 Å². The maximum Gasteiger partial charge on any atom is 0.343 e. The molecule has 1 fully saturated rings. The third kappa shape index (κ3) is 5.34. The van der Waals surface area contributed by atoms with Crippen molar-refractivity contribution in [1.29, 1.82) is 0 Å². The zero-order valence-corrected chi connectivity index (χ0v) is 23.8. The van der Waals surface area contributed by atoms with Gasteiger partial charge in [0, 0.05) is 0 Å². The standard InChI is InChI=1S/C35H25ClN2O5/c1-42-31-21-23(20-30(36)32(31)43-22-25-13-10-12-24-11-8-9-18-28(24)25)19-29-33(39)37(26-14-4-2-5-15-26)35(41)38(34(29)40)27-16-6-3-7-17-27/h2-21H,22H2,1H3. The van der Waals surface area contributed by atoms with Gasteiger partial charge in [-0.05, 0) is 64.4 Å². The Morgan fingerprint density at radius 1 is 0.721 bits per heavy atom. The molecule has 8 heteroatoms. The van der Waals surface area contributed by atoms with Crippen LogP contribution in [-0.2, 0) is 16.2 Å². The Hall–Kier alpha value is -5.40. The molecule has 7 nitrogen and oxygen atoms in total. The first-order valence-electron chi connectivity index (χ1n) is 13.5. The van der Waals surface area contributed by atoms with E-state index in [1.54, 1.807) is 72.8 Å². The molecule has 0 N–H and O–H groups in total. The number of urea groups is 1. The van der Waals surface area contributed by atoms with E-state index in [1.807, 2.05) is 42.5 Å². The van der Waals surface area contributed by atoms with E-state index in [1.165, 1.54) is 13.2 Å². The second-order valence-electron chi connectivity index (χ2n) is 9.75. The summed E-state index contributed by atoms with van der Waals surface area (Å²) >= 11 is 6.68. The quantitative estimate of drug-likeness (QED) is 0.144. The Balaban J connectivity index is 1.37. The molecule has 5 aromatic rings. The van der Waals surface area contributed by atoms with Gasteiger partial charge in [0.2, 0.25) is 0 Å². The van der Waals surface area contributed by atoms with Crippen molar-refractivity contribution in [2.45, 2.75) is 6.61 Å². The van der Waals surface area contributed by atoms with Crippen LogP contribution in [0.3, 0.4) is 0 Å². The number of nitrogens with zero attached hydrogens (tertiary/aromatic N) is 2. The summed E-state index contributed by atoms with van der Waals surface area (Å²) in [6.45, 7) is 0.245. The number of amides is 4. The van der Waals surface area contributed by atoms with Crippen molar-refractivity contribution < 1.29 is 23.9 Å². The van der Waals surface area contributed by atoms with Gasteiger partial charge in [0.15, 0.2) is 11.5 Å². The van der Waals surface area contributed by atoms with Crippen LogP contribution < -0.4 is 19.3 Å². The molecule has 1 aliphatic rings. The van der Waals surface area contributed by atoms with Gasteiger partial charge >= 0.3 is 6.03 Å². The fourth-order valence-electron chi connectivity index (χ4n) is 5.04. The highest BCUT2D eigenvalue weighted by atomic mass is 35.5. The van der Waals surface area contributed by atoms with Gasteiger partial charge in [-0.3, -0.25) is 9.59 Å². The van der Waals surface area contributed by atoms with Crippen LogP contribution in [0.25, 0.3) is 16.8 Å². The number of methoxy groups -OCH3 is 1. The topological polar surface area (TPSA) is 76.2 Å². The number of hydrogen-bond acceptors (Lipinski definition) is 5. The molecule has 0 aromatic heterocycles. The number of rotatable bonds is 7. The van der Waals surface area contributed by atoms with Crippen molar-refractivity contribution in [3.8, 4) is 11.5 Å². The Morgan fingerprint density at radius 2 is 1.30 bits per heavy atom. The Bertz CT molecular complexity index is 1820. The maximum absolute atomic E-state index is 13.7. The molecule has 1 saturated heterocycles. The zero-order chi connectivity index (χ0) is 29.9. The Kier molecular flexibility index (Phi) is 7.64. The molecule has 5 aromatic carbocycles. The number of imide groups is 2. The summed E-state index contributed by atoms with van der Waals surface area (Å²) in [4.78, 5) is 42.9.